The van der Waals surface area contributed by atoms with Gasteiger partial charge in [0.05, 0.1) is 6.04 Å². The Kier molecular flexibility index (Phi) is 4.97. The molecule has 0 bridgehead atoms. The molecule has 3 heteroatoms. The average molecular weight is 333 g/mol. The maximum atomic E-state index is 5.79. The van der Waals surface area contributed by atoms with Crippen molar-refractivity contribution in [3.63, 3.8) is 0 Å². The zero-order valence-electron chi connectivity index (χ0n) is 12.2. The van der Waals surface area contributed by atoms with Crippen molar-refractivity contribution in [3.05, 3.63) is 68.7 Å². The normalized spacial score (nSPS) is 12.4. The highest BCUT2D eigenvalue weighted by molar-refractivity contribution is 9.10. The lowest BCUT2D eigenvalue weighted by molar-refractivity contribution is 0.548. The highest BCUT2D eigenvalue weighted by Crippen LogP contribution is 2.27. The van der Waals surface area contributed by atoms with Crippen LogP contribution in [0.15, 0.2) is 40.9 Å². The molecular formula is C17H21BrN2. The first-order valence-electron chi connectivity index (χ1n) is 6.79. The number of aryl methyl sites for hydroxylation is 3. The average Bonchev–Trinajstić information content (AvgIpc) is 2.42. The van der Waals surface area contributed by atoms with E-state index >= 15 is 0 Å². The van der Waals surface area contributed by atoms with Crippen molar-refractivity contribution in [2.45, 2.75) is 33.2 Å². The molecule has 20 heavy (non-hydrogen) atoms. The molecular weight excluding hydrogens is 312 g/mol. The first-order valence-corrected chi connectivity index (χ1v) is 7.59. The van der Waals surface area contributed by atoms with Crippen molar-refractivity contribution in [1.29, 1.82) is 0 Å². The summed E-state index contributed by atoms with van der Waals surface area (Å²) in [4.78, 5) is 0. The highest BCUT2D eigenvalue weighted by atomic mass is 79.9. The minimum absolute atomic E-state index is 0.102. The molecule has 1 unspecified atom stereocenters. The summed E-state index contributed by atoms with van der Waals surface area (Å²) in [5.41, 5.74) is 9.32. The third-order valence-electron chi connectivity index (χ3n) is 3.66. The van der Waals surface area contributed by atoms with Crippen molar-refractivity contribution in [1.82, 2.24) is 5.43 Å². The van der Waals surface area contributed by atoms with Crippen LogP contribution >= 0.6 is 15.9 Å². The molecule has 0 fully saturated rings. The Balaban J connectivity index is 2.33. The molecule has 0 spiro atoms. The van der Waals surface area contributed by atoms with Gasteiger partial charge < -0.3 is 0 Å². The van der Waals surface area contributed by atoms with E-state index in [-0.39, 0.29) is 6.04 Å². The summed E-state index contributed by atoms with van der Waals surface area (Å²) < 4.78 is 1.09. The molecule has 1 atom stereocenters. The molecule has 0 aliphatic rings. The van der Waals surface area contributed by atoms with Crippen LogP contribution in [0, 0.1) is 20.8 Å². The third kappa shape index (κ3) is 3.48. The molecule has 0 saturated carbocycles. The number of nitrogens with two attached hydrogens (primary N) is 1. The van der Waals surface area contributed by atoms with Crippen LogP contribution < -0.4 is 11.3 Å². The molecule has 0 radical (unpaired) electrons. The Bertz CT molecular complexity index is 608. The molecule has 0 aliphatic heterocycles. The van der Waals surface area contributed by atoms with E-state index in [9.17, 15) is 0 Å². The fraction of sp³-hybridized carbons (Fsp3) is 0.294. The lowest BCUT2D eigenvalue weighted by Crippen LogP contribution is -2.30. The van der Waals surface area contributed by atoms with Crippen molar-refractivity contribution in [3.8, 4) is 0 Å². The molecule has 2 rings (SSSR count). The minimum atomic E-state index is 0.102. The van der Waals surface area contributed by atoms with Crippen molar-refractivity contribution < 1.29 is 0 Å². The van der Waals surface area contributed by atoms with Crippen LogP contribution in [0.4, 0.5) is 0 Å². The number of nitrogens with one attached hydrogen (secondary N) is 1. The van der Waals surface area contributed by atoms with E-state index in [1.807, 2.05) is 0 Å². The van der Waals surface area contributed by atoms with Crippen molar-refractivity contribution in [2.75, 3.05) is 0 Å². The molecule has 0 aromatic heterocycles. The summed E-state index contributed by atoms with van der Waals surface area (Å²) in [5, 5.41) is 0. The van der Waals surface area contributed by atoms with E-state index in [2.05, 4.69) is 78.5 Å². The van der Waals surface area contributed by atoms with Crippen molar-refractivity contribution >= 4 is 15.9 Å². The molecule has 2 aromatic carbocycles. The second-order valence-electron chi connectivity index (χ2n) is 5.38. The largest absolute Gasteiger partial charge is 0.271 e. The van der Waals surface area contributed by atoms with Crippen LogP contribution in [0.1, 0.15) is 33.9 Å². The maximum Gasteiger partial charge on any atom is 0.0511 e. The Morgan fingerprint density at radius 2 is 1.70 bits per heavy atom. The summed E-state index contributed by atoms with van der Waals surface area (Å²) in [6.07, 6.45) is 0.881. The van der Waals surface area contributed by atoms with Gasteiger partial charge in [-0.1, -0.05) is 57.4 Å². The van der Waals surface area contributed by atoms with E-state index < -0.39 is 0 Å². The number of hydrazine groups is 1. The minimum Gasteiger partial charge on any atom is -0.271 e. The first-order chi connectivity index (χ1) is 9.51. The predicted octanol–water partition coefficient (Wildman–Crippen LogP) is 4.12. The molecule has 3 N–H and O–H groups in total. The van der Waals surface area contributed by atoms with Crippen LogP contribution in [0.5, 0.6) is 0 Å². The predicted molar refractivity (Wildman–Crippen MR) is 88.6 cm³/mol. The maximum absolute atomic E-state index is 5.79. The van der Waals surface area contributed by atoms with Crippen LogP contribution in [0.2, 0.25) is 0 Å². The molecule has 106 valence electrons. The Hall–Kier alpha value is -1.16. The smallest absolute Gasteiger partial charge is 0.0511 e. The standard InChI is InChI=1S/C17H21BrN2/c1-11-4-6-13(3)14(8-11)10-17(20-19)15-9-12(2)5-7-16(15)18/h4-9,17,20H,10,19H2,1-3H3. The van der Waals surface area contributed by atoms with Crippen LogP contribution in [0.25, 0.3) is 0 Å². The quantitative estimate of drug-likeness (QED) is 0.652. The number of rotatable bonds is 4. The van der Waals surface area contributed by atoms with E-state index in [0.29, 0.717) is 0 Å². The Labute approximate surface area is 129 Å². The molecule has 2 aromatic rings. The second kappa shape index (κ2) is 6.53. The van der Waals surface area contributed by atoms with Gasteiger partial charge in [-0.15, -0.1) is 0 Å². The molecule has 0 saturated heterocycles. The van der Waals surface area contributed by atoms with Gasteiger partial charge in [0.25, 0.3) is 0 Å². The zero-order valence-corrected chi connectivity index (χ0v) is 13.8. The SMILES string of the molecule is Cc1ccc(C)c(CC(NN)c2cc(C)ccc2Br)c1. The Morgan fingerprint density at radius 1 is 1.05 bits per heavy atom. The van der Waals surface area contributed by atoms with E-state index in [4.69, 9.17) is 5.84 Å². The van der Waals surface area contributed by atoms with Crippen molar-refractivity contribution in [2.24, 2.45) is 5.84 Å². The lowest BCUT2D eigenvalue weighted by atomic mass is 9.94. The summed E-state index contributed by atoms with van der Waals surface area (Å²) in [7, 11) is 0. The summed E-state index contributed by atoms with van der Waals surface area (Å²) in [6.45, 7) is 6.37. The number of benzene rings is 2. The van der Waals surface area contributed by atoms with Gasteiger partial charge in [-0.25, -0.2) is 0 Å². The molecule has 0 heterocycles. The van der Waals surface area contributed by atoms with E-state index in [1.54, 1.807) is 0 Å². The fourth-order valence-corrected chi connectivity index (χ4v) is 2.95. The summed E-state index contributed by atoms with van der Waals surface area (Å²) in [5.74, 6) is 5.79. The van der Waals surface area contributed by atoms with Gasteiger partial charge >= 0.3 is 0 Å². The summed E-state index contributed by atoms with van der Waals surface area (Å²) >= 11 is 3.62. The van der Waals surface area contributed by atoms with Gasteiger partial charge in [-0.2, -0.15) is 0 Å². The molecule has 0 amide bonds. The van der Waals surface area contributed by atoms with Gasteiger partial charge in [-0.05, 0) is 49.9 Å². The first kappa shape index (κ1) is 15.2. The third-order valence-corrected chi connectivity index (χ3v) is 4.38. The summed E-state index contributed by atoms with van der Waals surface area (Å²) in [6, 6.07) is 13.0. The highest BCUT2D eigenvalue weighted by Gasteiger charge is 2.15. The zero-order chi connectivity index (χ0) is 14.7. The topological polar surface area (TPSA) is 38.0 Å². The Morgan fingerprint density at radius 3 is 2.40 bits per heavy atom. The van der Waals surface area contributed by atoms with Gasteiger partial charge in [0.1, 0.15) is 0 Å². The van der Waals surface area contributed by atoms with Crippen LogP contribution in [-0.2, 0) is 6.42 Å². The van der Waals surface area contributed by atoms with Crippen LogP contribution in [0.3, 0.4) is 0 Å². The molecule has 2 nitrogen and oxygen atoms in total. The second-order valence-corrected chi connectivity index (χ2v) is 6.23. The fourth-order valence-electron chi connectivity index (χ4n) is 2.43. The van der Waals surface area contributed by atoms with Gasteiger partial charge in [-0.3, -0.25) is 11.3 Å². The number of hydrogen-bond acceptors (Lipinski definition) is 2. The monoisotopic (exact) mass is 332 g/mol. The van der Waals surface area contributed by atoms with E-state index in [1.165, 1.54) is 27.8 Å². The number of hydrogen-bond donors (Lipinski definition) is 2. The van der Waals surface area contributed by atoms with Gasteiger partial charge in [0.15, 0.2) is 0 Å². The van der Waals surface area contributed by atoms with Gasteiger partial charge in [0, 0.05) is 4.47 Å². The lowest BCUT2D eigenvalue weighted by Gasteiger charge is -2.20. The van der Waals surface area contributed by atoms with Gasteiger partial charge in [0.2, 0.25) is 0 Å². The van der Waals surface area contributed by atoms with E-state index in [0.717, 1.165) is 10.9 Å². The van der Waals surface area contributed by atoms with Crippen LogP contribution in [-0.4, -0.2) is 0 Å². The molecule has 0 aliphatic carbocycles. The number of halogens is 1.